The number of esters is 1. The predicted molar refractivity (Wildman–Crippen MR) is 81.3 cm³/mol. The molecule has 0 bridgehead atoms. The molecule has 0 unspecified atom stereocenters. The monoisotopic (exact) mass is 282 g/mol. The summed E-state index contributed by atoms with van der Waals surface area (Å²) < 4.78 is 4.60. The van der Waals surface area contributed by atoms with Crippen LogP contribution in [0.4, 0.5) is 0 Å². The molecule has 3 nitrogen and oxygen atoms in total. The zero-order valence-corrected chi connectivity index (χ0v) is 12.0. The van der Waals surface area contributed by atoms with Gasteiger partial charge in [0.2, 0.25) is 0 Å². The van der Waals surface area contributed by atoms with Crippen molar-refractivity contribution in [2.45, 2.75) is 19.3 Å². The first kappa shape index (κ1) is 15.0. The standard InChI is InChI=1S/C18H18O3/c1-21-17(19)9-5-6-14-10-12-16(13-11-14)18(20)15-7-3-2-4-8-15/h2-4,7-8,10-13H,5-6,9H2,1H3. The van der Waals surface area contributed by atoms with Gasteiger partial charge in [0, 0.05) is 17.5 Å². The van der Waals surface area contributed by atoms with Crippen LogP contribution in [0.3, 0.4) is 0 Å². The van der Waals surface area contributed by atoms with Crippen LogP contribution >= 0.6 is 0 Å². The van der Waals surface area contributed by atoms with E-state index in [2.05, 4.69) is 4.74 Å². The molecule has 0 spiro atoms. The predicted octanol–water partition coefficient (Wildman–Crippen LogP) is 3.41. The minimum absolute atomic E-state index is 0.0247. The van der Waals surface area contributed by atoms with Gasteiger partial charge < -0.3 is 4.74 Å². The van der Waals surface area contributed by atoms with Crippen LogP contribution in [-0.4, -0.2) is 18.9 Å². The molecule has 0 fully saturated rings. The largest absolute Gasteiger partial charge is 0.469 e. The number of ketones is 1. The van der Waals surface area contributed by atoms with Crippen molar-refractivity contribution >= 4 is 11.8 Å². The summed E-state index contributed by atoms with van der Waals surface area (Å²) in [7, 11) is 1.40. The van der Waals surface area contributed by atoms with Gasteiger partial charge in [-0.25, -0.2) is 0 Å². The molecule has 2 rings (SSSR count). The van der Waals surface area contributed by atoms with Crippen LogP contribution in [0, 0.1) is 0 Å². The first-order valence-corrected chi connectivity index (χ1v) is 6.96. The lowest BCUT2D eigenvalue weighted by Crippen LogP contribution is -2.02. The Kier molecular flexibility index (Phi) is 5.27. The Labute approximate surface area is 124 Å². The molecule has 2 aromatic carbocycles. The van der Waals surface area contributed by atoms with Crippen molar-refractivity contribution in [3.05, 3.63) is 71.3 Å². The topological polar surface area (TPSA) is 43.4 Å². The summed E-state index contributed by atoms with van der Waals surface area (Å²) in [6.07, 6.45) is 1.97. The molecule has 0 aromatic heterocycles. The average molecular weight is 282 g/mol. The van der Waals surface area contributed by atoms with E-state index in [1.54, 1.807) is 0 Å². The number of hydrogen-bond acceptors (Lipinski definition) is 3. The summed E-state index contributed by atoms with van der Waals surface area (Å²) in [6.45, 7) is 0. The van der Waals surface area contributed by atoms with Gasteiger partial charge in [0.25, 0.3) is 0 Å². The maximum atomic E-state index is 12.2. The Hall–Kier alpha value is -2.42. The smallest absolute Gasteiger partial charge is 0.305 e. The van der Waals surface area contributed by atoms with Gasteiger partial charge in [-0.15, -0.1) is 0 Å². The molecular formula is C18H18O3. The third kappa shape index (κ3) is 4.28. The molecule has 0 atom stereocenters. The molecule has 3 heteroatoms. The number of rotatable bonds is 6. The van der Waals surface area contributed by atoms with E-state index < -0.39 is 0 Å². The van der Waals surface area contributed by atoms with Crippen LogP contribution in [0.15, 0.2) is 54.6 Å². The molecule has 2 aromatic rings. The van der Waals surface area contributed by atoms with E-state index in [1.165, 1.54) is 7.11 Å². The van der Waals surface area contributed by atoms with Crippen LogP contribution in [0.25, 0.3) is 0 Å². The summed E-state index contributed by atoms with van der Waals surface area (Å²) in [5.74, 6) is -0.164. The van der Waals surface area contributed by atoms with Crippen LogP contribution in [0.1, 0.15) is 34.3 Å². The quantitative estimate of drug-likeness (QED) is 0.602. The third-order valence-electron chi connectivity index (χ3n) is 3.33. The van der Waals surface area contributed by atoms with E-state index in [4.69, 9.17) is 0 Å². The number of carbonyl (C=O) groups excluding carboxylic acids is 2. The third-order valence-corrected chi connectivity index (χ3v) is 3.33. The molecule has 108 valence electrons. The second-order valence-electron chi connectivity index (χ2n) is 4.82. The molecule has 21 heavy (non-hydrogen) atoms. The Morgan fingerprint density at radius 1 is 0.905 bits per heavy atom. The molecule has 0 aliphatic rings. The number of carbonyl (C=O) groups is 2. The van der Waals surface area contributed by atoms with Crippen molar-refractivity contribution in [1.29, 1.82) is 0 Å². The van der Waals surface area contributed by atoms with Gasteiger partial charge in [-0.3, -0.25) is 9.59 Å². The van der Waals surface area contributed by atoms with Gasteiger partial charge in [0.15, 0.2) is 5.78 Å². The second kappa shape index (κ2) is 7.39. The minimum Gasteiger partial charge on any atom is -0.469 e. The fraction of sp³-hybridized carbons (Fsp3) is 0.222. The van der Waals surface area contributed by atoms with Gasteiger partial charge in [0.1, 0.15) is 0 Å². The summed E-state index contributed by atoms with van der Waals surface area (Å²) in [5.41, 5.74) is 2.48. The number of benzene rings is 2. The van der Waals surface area contributed by atoms with Crippen molar-refractivity contribution in [3.8, 4) is 0 Å². The Morgan fingerprint density at radius 3 is 2.14 bits per heavy atom. The van der Waals surface area contributed by atoms with Crippen LogP contribution in [-0.2, 0) is 16.0 Å². The van der Waals surface area contributed by atoms with Crippen molar-refractivity contribution in [2.24, 2.45) is 0 Å². The normalized spacial score (nSPS) is 10.1. The Balaban J connectivity index is 1.96. The first-order valence-electron chi connectivity index (χ1n) is 6.96. The lowest BCUT2D eigenvalue weighted by Gasteiger charge is -2.04. The fourth-order valence-electron chi connectivity index (χ4n) is 2.12. The van der Waals surface area contributed by atoms with Crippen molar-refractivity contribution in [1.82, 2.24) is 0 Å². The van der Waals surface area contributed by atoms with Gasteiger partial charge in [-0.05, 0) is 18.4 Å². The maximum Gasteiger partial charge on any atom is 0.305 e. The van der Waals surface area contributed by atoms with E-state index in [1.807, 2.05) is 54.6 Å². The summed E-state index contributed by atoms with van der Waals surface area (Å²) >= 11 is 0. The highest BCUT2D eigenvalue weighted by molar-refractivity contribution is 6.08. The van der Waals surface area contributed by atoms with Gasteiger partial charge in [-0.1, -0.05) is 54.6 Å². The molecule has 0 saturated heterocycles. The lowest BCUT2D eigenvalue weighted by atomic mass is 10.0. The minimum atomic E-state index is -0.189. The Bertz CT molecular complexity index is 600. The van der Waals surface area contributed by atoms with Crippen molar-refractivity contribution in [2.75, 3.05) is 7.11 Å². The van der Waals surface area contributed by atoms with Crippen LogP contribution < -0.4 is 0 Å². The van der Waals surface area contributed by atoms with E-state index >= 15 is 0 Å². The Morgan fingerprint density at radius 2 is 1.52 bits per heavy atom. The van der Waals surface area contributed by atoms with Gasteiger partial charge in [-0.2, -0.15) is 0 Å². The zero-order chi connectivity index (χ0) is 15.1. The van der Waals surface area contributed by atoms with E-state index in [0.29, 0.717) is 17.5 Å². The highest BCUT2D eigenvalue weighted by Crippen LogP contribution is 2.12. The molecular weight excluding hydrogens is 264 g/mol. The second-order valence-corrected chi connectivity index (χ2v) is 4.82. The molecule has 0 N–H and O–H groups in total. The van der Waals surface area contributed by atoms with Crippen LogP contribution in [0.5, 0.6) is 0 Å². The lowest BCUT2D eigenvalue weighted by molar-refractivity contribution is -0.140. The van der Waals surface area contributed by atoms with E-state index in [0.717, 1.165) is 18.4 Å². The van der Waals surface area contributed by atoms with Crippen molar-refractivity contribution < 1.29 is 14.3 Å². The molecule has 0 radical (unpaired) electrons. The highest BCUT2D eigenvalue weighted by atomic mass is 16.5. The molecule has 0 heterocycles. The number of hydrogen-bond donors (Lipinski definition) is 0. The van der Waals surface area contributed by atoms with Crippen molar-refractivity contribution in [3.63, 3.8) is 0 Å². The first-order chi connectivity index (χ1) is 10.2. The number of aryl methyl sites for hydroxylation is 1. The molecule has 0 aliphatic heterocycles. The molecule has 0 aliphatic carbocycles. The molecule has 0 amide bonds. The highest BCUT2D eigenvalue weighted by Gasteiger charge is 2.08. The number of ether oxygens (including phenoxy) is 1. The van der Waals surface area contributed by atoms with Gasteiger partial charge in [0.05, 0.1) is 7.11 Å². The summed E-state index contributed by atoms with van der Waals surface area (Å²) in [4.78, 5) is 23.3. The summed E-state index contributed by atoms with van der Waals surface area (Å²) in [6, 6.07) is 16.8. The fourth-order valence-corrected chi connectivity index (χ4v) is 2.12. The van der Waals surface area contributed by atoms with E-state index in [9.17, 15) is 9.59 Å². The SMILES string of the molecule is COC(=O)CCCc1ccc(C(=O)c2ccccc2)cc1. The van der Waals surface area contributed by atoms with Crippen LogP contribution in [0.2, 0.25) is 0 Å². The van der Waals surface area contributed by atoms with E-state index in [-0.39, 0.29) is 11.8 Å². The maximum absolute atomic E-state index is 12.2. The van der Waals surface area contributed by atoms with Gasteiger partial charge >= 0.3 is 5.97 Å². The number of methoxy groups -OCH3 is 1. The summed E-state index contributed by atoms with van der Waals surface area (Å²) in [5, 5.41) is 0. The molecule has 0 saturated carbocycles. The average Bonchev–Trinajstić information content (AvgIpc) is 2.55. The zero-order valence-electron chi connectivity index (χ0n) is 12.0.